The minimum absolute atomic E-state index is 0.0355. The number of rotatable bonds is 4. The zero-order valence-corrected chi connectivity index (χ0v) is 21.1. The van der Waals surface area contributed by atoms with Crippen LogP contribution < -0.4 is 5.32 Å². The summed E-state index contributed by atoms with van der Waals surface area (Å²) in [7, 11) is 4.44. The Balaban J connectivity index is 1.58. The van der Waals surface area contributed by atoms with E-state index in [9.17, 15) is 9.59 Å². The topological polar surface area (TPSA) is 49.4 Å². The van der Waals surface area contributed by atoms with Gasteiger partial charge in [-0.2, -0.15) is 0 Å². The van der Waals surface area contributed by atoms with E-state index in [4.69, 9.17) is 0 Å². The Morgan fingerprint density at radius 1 is 1.19 bits per heavy atom. The fraction of sp³-hybridized carbons (Fsp3) is 0.714. The molecule has 2 fully saturated rings. The number of carbonyl (C=O) groups excluding carboxylic acids is 2. The molecular formula is C28H42N2O2. The molecule has 2 saturated carbocycles. The molecular weight excluding hydrogens is 396 g/mol. The Kier molecular flexibility index (Phi) is 6.07. The van der Waals surface area contributed by atoms with Crippen molar-refractivity contribution in [2.75, 3.05) is 14.1 Å². The van der Waals surface area contributed by atoms with Crippen LogP contribution in [0.5, 0.6) is 0 Å². The van der Waals surface area contributed by atoms with Gasteiger partial charge in [-0.1, -0.05) is 32.1 Å². The summed E-state index contributed by atoms with van der Waals surface area (Å²) in [5.74, 6) is 2.60. The molecule has 4 aliphatic rings. The van der Waals surface area contributed by atoms with E-state index in [0.717, 1.165) is 30.3 Å². The second-order valence-electron chi connectivity index (χ2n) is 11.7. The summed E-state index contributed by atoms with van der Waals surface area (Å²) in [5, 5.41) is 2.87. The number of carbonyl (C=O) groups is 2. The van der Waals surface area contributed by atoms with E-state index in [0.29, 0.717) is 34.6 Å². The minimum Gasteiger partial charge on any atom is -0.319 e. The maximum atomic E-state index is 13.4. The minimum atomic E-state index is -0.176. The van der Waals surface area contributed by atoms with Gasteiger partial charge < -0.3 is 10.2 Å². The maximum Gasteiger partial charge on any atom is 0.251 e. The van der Waals surface area contributed by atoms with E-state index in [-0.39, 0.29) is 17.1 Å². The highest BCUT2D eigenvalue weighted by Crippen LogP contribution is 2.66. The van der Waals surface area contributed by atoms with Gasteiger partial charge in [0.2, 0.25) is 5.78 Å². The largest absolute Gasteiger partial charge is 0.319 e. The monoisotopic (exact) mass is 438 g/mol. The van der Waals surface area contributed by atoms with Crippen molar-refractivity contribution >= 4 is 11.7 Å². The van der Waals surface area contributed by atoms with E-state index >= 15 is 0 Å². The first kappa shape index (κ1) is 23.5. The highest BCUT2D eigenvalue weighted by atomic mass is 16.2. The fourth-order valence-electron chi connectivity index (χ4n) is 7.91. The third kappa shape index (κ3) is 3.45. The molecule has 0 bridgehead atoms. The molecule has 0 aromatic rings. The number of nitrogens with zero attached hydrogens (tertiary/aromatic N) is 1. The van der Waals surface area contributed by atoms with E-state index in [1.807, 2.05) is 13.0 Å². The van der Waals surface area contributed by atoms with Gasteiger partial charge in [-0.25, -0.2) is 0 Å². The van der Waals surface area contributed by atoms with Crippen molar-refractivity contribution in [1.29, 1.82) is 0 Å². The summed E-state index contributed by atoms with van der Waals surface area (Å²) in [6, 6.07) is 0.609. The van der Waals surface area contributed by atoms with Crippen LogP contribution in [-0.4, -0.2) is 36.7 Å². The van der Waals surface area contributed by atoms with E-state index in [1.165, 1.54) is 25.7 Å². The van der Waals surface area contributed by atoms with Gasteiger partial charge in [0, 0.05) is 22.6 Å². The van der Waals surface area contributed by atoms with Gasteiger partial charge in [-0.3, -0.25) is 9.59 Å². The Labute approximate surface area is 194 Å². The summed E-state index contributed by atoms with van der Waals surface area (Å²) >= 11 is 0. The zero-order valence-electron chi connectivity index (χ0n) is 21.1. The molecule has 0 aromatic heterocycles. The molecule has 0 spiro atoms. The number of hydrogen-bond donors (Lipinski definition) is 1. The van der Waals surface area contributed by atoms with Gasteiger partial charge in [-0.15, -0.1) is 0 Å². The highest BCUT2D eigenvalue weighted by molar-refractivity contribution is 6.13. The summed E-state index contributed by atoms with van der Waals surface area (Å²) in [6.45, 7) is 10.9. The lowest BCUT2D eigenvalue weighted by Crippen LogP contribution is -2.52. The molecule has 0 aromatic carbocycles. The van der Waals surface area contributed by atoms with Crippen molar-refractivity contribution in [2.24, 2.45) is 34.5 Å². The first-order valence-corrected chi connectivity index (χ1v) is 12.6. The third-order valence-corrected chi connectivity index (χ3v) is 10.2. The standard InChI is InChI=1S/C28H42N2O2/c1-8-17(2)26(32)29-24-14-16-28(5)22-13-15-27(4)20(18(3)30(6)7)11-12-21(27)19(22)9-10-23(28)25(24)31/h8,10,14,18-22H,9,11-13,15-16H2,1-7H3,(H,29,32)/b17-8+/t18?,19?,20-,21?,22?,27-,28-/m1/s1. The van der Waals surface area contributed by atoms with E-state index in [1.54, 1.807) is 13.0 Å². The van der Waals surface area contributed by atoms with Crippen LogP contribution in [0.2, 0.25) is 0 Å². The van der Waals surface area contributed by atoms with Crippen molar-refractivity contribution < 1.29 is 9.59 Å². The molecule has 4 rings (SSSR count). The summed E-state index contributed by atoms with van der Waals surface area (Å²) in [6.07, 6.45) is 13.0. The number of allylic oxidation sites excluding steroid dienone is 4. The molecule has 0 radical (unpaired) electrons. The van der Waals surface area contributed by atoms with Crippen LogP contribution in [0.25, 0.3) is 0 Å². The molecule has 0 aliphatic heterocycles. The summed E-state index contributed by atoms with van der Waals surface area (Å²) in [5.41, 5.74) is 2.37. The summed E-state index contributed by atoms with van der Waals surface area (Å²) in [4.78, 5) is 28.2. The van der Waals surface area contributed by atoms with Crippen molar-refractivity contribution in [3.63, 3.8) is 0 Å². The van der Waals surface area contributed by atoms with Gasteiger partial charge in [0.05, 0.1) is 5.70 Å². The smallest absolute Gasteiger partial charge is 0.251 e. The van der Waals surface area contributed by atoms with Crippen LogP contribution in [0.15, 0.2) is 35.1 Å². The summed E-state index contributed by atoms with van der Waals surface area (Å²) < 4.78 is 0. The quantitative estimate of drug-likeness (QED) is 0.608. The van der Waals surface area contributed by atoms with Gasteiger partial charge >= 0.3 is 0 Å². The lowest BCUT2D eigenvalue weighted by Gasteiger charge is -2.57. The third-order valence-electron chi connectivity index (χ3n) is 10.2. The first-order chi connectivity index (χ1) is 15.0. The van der Waals surface area contributed by atoms with Gasteiger partial charge in [0.1, 0.15) is 0 Å². The predicted molar refractivity (Wildman–Crippen MR) is 130 cm³/mol. The molecule has 7 atom stereocenters. The normalized spacial score (nSPS) is 40.1. The number of Topliss-reactive ketones (excluding diaryl/α,β-unsaturated/α-hetero) is 1. The van der Waals surface area contributed by atoms with E-state index in [2.05, 4.69) is 51.2 Å². The molecule has 32 heavy (non-hydrogen) atoms. The van der Waals surface area contributed by atoms with Gasteiger partial charge in [-0.05, 0) is 102 Å². The van der Waals surface area contributed by atoms with Crippen molar-refractivity contribution in [1.82, 2.24) is 10.2 Å². The fourth-order valence-corrected chi connectivity index (χ4v) is 7.91. The molecule has 1 amide bonds. The molecule has 0 heterocycles. The van der Waals surface area contributed by atoms with Crippen molar-refractivity contribution in [3.05, 3.63) is 35.1 Å². The lowest BCUT2D eigenvalue weighted by atomic mass is 9.47. The molecule has 4 aliphatic carbocycles. The second-order valence-corrected chi connectivity index (χ2v) is 11.7. The lowest BCUT2D eigenvalue weighted by molar-refractivity contribution is -0.121. The van der Waals surface area contributed by atoms with Crippen molar-refractivity contribution in [3.8, 4) is 0 Å². The average Bonchev–Trinajstić information content (AvgIpc) is 3.11. The number of ketones is 1. The number of nitrogens with one attached hydrogen (secondary N) is 1. The first-order valence-electron chi connectivity index (χ1n) is 12.6. The Morgan fingerprint density at radius 3 is 2.56 bits per heavy atom. The highest BCUT2D eigenvalue weighted by Gasteiger charge is 2.59. The number of amides is 1. The maximum absolute atomic E-state index is 13.4. The second kappa shape index (κ2) is 8.27. The number of fused-ring (bicyclic) bond motifs is 5. The molecule has 4 unspecified atom stereocenters. The SMILES string of the molecule is C/C=C(\C)C(=O)NC1=CC[C@@]2(C)C(=CCC3C2CC[C@@]2(C)C3CC[C@@H]2C(C)N(C)C)C1=O. The predicted octanol–water partition coefficient (Wildman–Crippen LogP) is 5.27. The van der Waals surface area contributed by atoms with Crippen LogP contribution in [0.1, 0.15) is 73.1 Å². The Bertz CT molecular complexity index is 897. The van der Waals surface area contributed by atoms with Crippen LogP contribution in [0, 0.1) is 34.5 Å². The van der Waals surface area contributed by atoms with Gasteiger partial charge in [0.15, 0.2) is 0 Å². The molecule has 4 nitrogen and oxygen atoms in total. The molecule has 0 saturated heterocycles. The zero-order chi connectivity index (χ0) is 23.4. The molecule has 176 valence electrons. The molecule has 1 N–H and O–H groups in total. The van der Waals surface area contributed by atoms with E-state index < -0.39 is 0 Å². The number of hydrogen-bond acceptors (Lipinski definition) is 3. The Morgan fingerprint density at radius 2 is 1.91 bits per heavy atom. The van der Waals surface area contributed by atoms with Crippen LogP contribution in [-0.2, 0) is 9.59 Å². The van der Waals surface area contributed by atoms with Crippen molar-refractivity contribution in [2.45, 2.75) is 79.2 Å². The van der Waals surface area contributed by atoms with Gasteiger partial charge in [0.25, 0.3) is 5.91 Å². The molecule has 4 heteroatoms. The van der Waals surface area contributed by atoms with Crippen LogP contribution >= 0.6 is 0 Å². The van der Waals surface area contributed by atoms with Crippen LogP contribution in [0.3, 0.4) is 0 Å². The Hall–Kier alpha value is -1.68. The van der Waals surface area contributed by atoms with Crippen LogP contribution in [0.4, 0.5) is 0 Å². The average molecular weight is 439 g/mol.